The number of aromatic amines is 1. The first kappa shape index (κ1) is 18.2. The zero-order chi connectivity index (χ0) is 19.5. The molecular formula is C21H24N6O. The van der Waals surface area contributed by atoms with Crippen LogP contribution in [0.15, 0.2) is 41.7 Å². The van der Waals surface area contributed by atoms with Crippen molar-refractivity contribution in [3.05, 3.63) is 42.4 Å². The van der Waals surface area contributed by atoms with Gasteiger partial charge >= 0.3 is 0 Å². The van der Waals surface area contributed by atoms with Gasteiger partial charge in [0, 0.05) is 36.7 Å². The molecule has 1 aromatic carbocycles. The molecule has 0 saturated heterocycles. The second kappa shape index (κ2) is 7.80. The predicted molar refractivity (Wildman–Crippen MR) is 111 cm³/mol. The number of amidine groups is 1. The van der Waals surface area contributed by atoms with Crippen molar-refractivity contribution < 1.29 is 4.79 Å². The topological polar surface area (TPSA) is 95.1 Å². The van der Waals surface area contributed by atoms with Gasteiger partial charge in [0.15, 0.2) is 0 Å². The number of carbonyl (C=O) groups excluding carboxylic acids is 1. The molecule has 3 heterocycles. The first-order valence-electron chi connectivity index (χ1n) is 9.62. The molecule has 0 bridgehead atoms. The largest absolute Gasteiger partial charge is 0.368 e. The number of hydrogen-bond acceptors (Lipinski definition) is 5. The highest BCUT2D eigenvalue weighted by atomic mass is 16.1. The zero-order valence-electron chi connectivity index (χ0n) is 16.1. The lowest BCUT2D eigenvalue weighted by molar-refractivity contribution is -0.116. The van der Waals surface area contributed by atoms with Crippen LogP contribution in [0.2, 0.25) is 0 Å². The molecule has 7 heteroatoms. The summed E-state index contributed by atoms with van der Waals surface area (Å²) < 4.78 is 0. The van der Waals surface area contributed by atoms with Crippen molar-refractivity contribution in [1.82, 2.24) is 20.5 Å². The highest BCUT2D eigenvalue weighted by molar-refractivity contribution is 6.08. The monoisotopic (exact) mass is 376 g/mol. The maximum atomic E-state index is 12.1. The SMILES string of the molecule is CC(C)CC(=O)Nc1cncc(-c2ccc3[nH]nc(C4=NCCCN4)c3c2)c1. The van der Waals surface area contributed by atoms with Gasteiger partial charge in [-0.25, -0.2) is 0 Å². The fraction of sp³-hybridized carbons (Fsp3) is 0.333. The number of amides is 1. The van der Waals surface area contributed by atoms with Crippen LogP contribution in [0.4, 0.5) is 5.69 Å². The Labute approximate surface area is 163 Å². The van der Waals surface area contributed by atoms with Gasteiger partial charge in [-0.15, -0.1) is 0 Å². The van der Waals surface area contributed by atoms with E-state index in [0.29, 0.717) is 18.0 Å². The Morgan fingerprint density at radius 2 is 2.11 bits per heavy atom. The summed E-state index contributed by atoms with van der Waals surface area (Å²) in [6, 6.07) is 8.07. The minimum absolute atomic E-state index is 0.00269. The molecule has 4 rings (SSSR count). The summed E-state index contributed by atoms with van der Waals surface area (Å²) in [5, 5.41) is 14.8. The van der Waals surface area contributed by atoms with Gasteiger partial charge in [-0.3, -0.25) is 19.9 Å². The molecular weight excluding hydrogens is 352 g/mol. The summed E-state index contributed by atoms with van der Waals surface area (Å²) in [5.74, 6) is 1.15. The molecule has 0 unspecified atom stereocenters. The molecule has 28 heavy (non-hydrogen) atoms. The van der Waals surface area contributed by atoms with Gasteiger partial charge in [0.2, 0.25) is 5.91 Å². The average molecular weight is 376 g/mol. The Hall–Kier alpha value is -3.22. The number of aliphatic imine (C=N–C) groups is 1. The van der Waals surface area contributed by atoms with E-state index in [1.807, 2.05) is 32.0 Å². The molecule has 0 saturated carbocycles. The zero-order valence-corrected chi connectivity index (χ0v) is 16.1. The molecule has 0 aliphatic carbocycles. The maximum Gasteiger partial charge on any atom is 0.224 e. The van der Waals surface area contributed by atoms with Crippen LogP contribution in [0.1, 0.15) is 32.4 Å². The van der Waals surface area contributed by atoms with Crippen LogP contribution >= 0.6 is 0 Å². The number of benzene rings is 1. The summed E-state index contributed by atoms with van der Waals surface area (Å²) in [6.07, 6.45) is 5.00. The molecule has 0 fully saturated rings. The Morgan fingerprint density at radius 3 is 2.89 bits per heavy atom. The van der Waals surface area contributed by atoms with E-state index in [-0.39, 0.29) is 5.91 Å². The van der Waals surface area contributed by atoms with Crippen LogP contribution in [-0.4, -0.2) is 40.0 Å². The van der Waals surface area contributed by atoms with Gasteiger partial charge < -0.3 is 10.6 Å². The van der Waals surface area contributed by atoms with Crippen molar-refractivity contribution in [3.63, 3.8) is 0 Å². The first-order chi connectivity index (χ1) is 13.6. The molecule has 3 aromatic rings. The number of anilines is 1. The second-order valence-electron chi connectivity index (χ2n) is 7.45. The molecule has 2 aromatic heterocycles. The highest BCUT2D eigenvalue weighted by Crippen LogP contribution is 2.27. The quantitative estimate of drug-likeness (QED) is 0.636. The normalized spacial score (nSPS) is 14.0. The Bertz CT molecular complexity index is 1040. The van der Waals surface area contributed by atoms with Crippen LogP contribution < -0.4 is 10.6 Å². The number of carbonyl (C=O) groups is 1. The summed E-state index contributed by atoms with van der Waals surface area (Å²) in [6.45, 7) is 5.78. The summed E-state index contributed by atoms with van der Waals surface area (Å²) in [7, 11) is 0. The highest BCUT2D eigenvalue weighted by Gasteiger charge is 2.15. The summed E-state index contributed by atoms with van der Waals surface area (Å²) >= 11 is 0. The van der Waals surface area contributed by atoms with Crippen molar-refractivity contribution in [2.24, 2.45) is 10.9 Å². The van der Waals surface area contributed by atoms with Gasteiger partial charge in [0.25, 0.3) is 0 Å². The number of pyridine rings is 1. The predicted octanol–water partition coefficient (Wildman–Crippen LogP) is 3.35. The number of H-pyrrole nitrogens is 1. The smallest absolute Gasteiger partial charge is 0.224 e. The van der Waals surface area contributed by atoms with Gasteiger partial charge in [-0.1, -0.05) is 19.9 Å². The fourth-order valence-electron chi connectivity index (χ4n) is 3.31. The first-order valence-corrected chi connectivity index (χ1v) is 9.62. The van der Waals surface area contributed by atoms with Gasteiger partial charge in [-0.05, 0) is 36.1 Å². The molecule has 0 spiro atoms. The van der Waals surface area contributed by atoms with Gasteiger partial charge in [0.1, 0.15) is 11.5 Å². The van der Waals surface area contributed by atoms with Crippen molar-refractivity contribution >= 4 is 28.3 Å². The number of hydrogen-bond donors (Lipinski definition) is 3. The van der Waals surface area contributed by atoms with E-state index in [2.05, 4.69) is 36.9 Å². The molecule has 0 atom stereocenters. The van der Waals surface area contributed by atoms with E-state index in [1.165, 1.54) is 0 Å². The lowest BCUT2D eigenvalue weighted by atomic mass is 10.0. The van der Waals surface area contributed by atoms with Crippen molar-refractivity contribution in [2.45, 2.75) is 26.7 Å². The molecule has 1 aliphatic rings. The number of nitrogens with zero attached hydrogens (tertiary/aromatic N) is 3. The molecule has 3 N–H and O–H groups in total. The third-order valence-electron chi connectivity index (χ3n) is 4.63. The molecule has 7 nitrogen and oxygen atoms in total. The van der Waals surface area contributed by atoms with Crippen molar-refractivity contribution in [1.29, 1.82) is 0 Å². The van der Waals surface area contributed by atoms with Crippen molar-refractivity contribution in [2.75, 3.05) is 18.4 Å². The van der Waals surface area contributed by atoms with E-state index in [9.17, 15) is 4.79 Å². The van der Waals surface area contributed by atoms with Crippen LogP contribution in [0, 0.1) is 5.92 Å². The van der Waals surface area contributed by atoms with Crippen LogP contribution in [0.5, 0.6) is 0 Å². The lowest BCUT2D eigenvalue weighted by Crippen LogP contribution is -2.30. The molecule has 144 valence electrons. The van der Waals surface area contributed by atoms with E-state index in [1.54, 1.807) is 12.4 Å². The number of aromatic nitrogens is 3. The third-order valence-corrected chi connectivity index (χ3v) is 4.63. The Kier molecular flexibility index (Phi) is 5.06. The minimum atomic E-state index is 0.00269. The molecule has 1 amide bonds. The Balaban J connectivity index is 1.65. The Morgan fingerprint density at radius 1 is 1.21 bits per heavy atom. The van der Waals surface area contributed by atoms with Crippen LogP contribution in [0.25, 0.3) is 22.0 Å². The van der Waals surface area contributed by atoms with E-state index < -0.39 is 0 Å². The standard InChI is InChI=1S/C21H24N6O/c1-13(2)8-19(28)25-16-9-15(11-22-12-16)14-4-5-18-17(10-14)20(27-26-18)21-23-6-3-7-24-21/h4-5,9-13H,3,6-8H2,1-2H3,(H,23,24)(H,25,28)(H,26,27). The van der Waals surface area contributed by atoms with E-state index in [0.717, 1.165) is 53.1 Å². The molecule has 1 aliphatic heterocycles. The number of nitrogens with one attached hydrogen (secondary N) is 3. The fourth-order valence-corrected chi connectivity index (χ4v) is 3.31. The van der Waals surface area contributed by atoms with Gasteiger partial charge in [-0.2, -0.15) is 5.10 Å². The average Bonchev–Trinajstić information content (AvgIpc) is 3.11. The third kappa shape index (κ3) is 3.88. The second-order valence-corrected chi connectivity index (χ2v) is 7.45. The van der Waals surface area contributed by atoms with E-state index >= 15 is 0 Å². The van der Waals surface area contributed by atoms with E-state index in [4.69, 9.17) is 0 Å². The van der Waals surface area contributed by atoms with Crippen molar-refractivity contribution in [3.8, 4) is 11.1 Å². The maximum absolute atomic E-state index is 12.1. The lowest BCUT2D eigenvalue weighted by Gasteiger charge is -2.13. The summed E-state index contributed by atoms with van der Waals surface area (Å²) in [5.41, 5.74) is 4.46. The minimum Gasteiger partial charge on any atom is -0.368 e. The van der Waals surface area contributed by atoms with Crippen LogP contribution in [0.3, 0.4) is 0 Å². The summed E-state index contributed by atoms with van der Waals surface area (Å²) in [4.78, 5) is 20.9. The molecule has 0 radical (unpaired) electrons. The van der Waals surface area contributed by atoms with Crippen LogP contribution in [-0.2, 0) is 4.79 Å². The number of fused-ring (bicyclic) bond motifs is 1. The number of rotatable bonds is 5. The van der Waals surface area contributed by atoms with Gasteiger partial charge in [0.05, 0.1) is 17.4 Å².